The average molecular weight is 578 g/mol. The molecule has 1 aromatic carbocycles. The van der Waals surface area contributed by atoms with Crippen molar-refractivity contribution in [1.29, 1.82) is 0 Å². The van der Waals surface area contributed by atoms with Gasteiger partial charge < -0.3 is 39.1 Å². The number of amides is 1. The minimum Gasteiger partial charge on any atom is -0.481 e. The van der Waals surface area contributed by atoms with E-state index in [4.69, 9.17) is 34.2 Å². The number of rotatable bonds is 11. The lowest BCUT2D eigenvalue weighted by atomic mass is 9.96. The van der Waals surface area contributed by atoms with Gasteiger partial charge in [-0.3, -0.25) is 14.4 Å². The fourth-order valence-electron chi connectivity index (χ4n) is 4.02. The van der Waals surface area contributed by atoms with Gasteiger partial charge in [-0.15, -0.1) is 0 Å². The number of benzene rings is 1. The molecule has 0 atom stereocenters. The first-order valence-electron chi connectivity index (χ1n) is 12.4. The molecule has 41 heavy (non-hydrogen) atoms. The van der Waals surface area contributed by atoms with Crippen LogP contribution in [-0.2, 0) is 38.6 Å². The van der Waals surface area contributed by atoms with Crippen LogP contribution in [0.1, 0.15) is 43.3 Å². The van der Waals surface area contributed by atoms with Gasteiger partial charge in [0, 0.05) is 43.0 Å². The Kier molecular flexibility index (Phi) is 10.1. The Hall–Kier alpha value is -4.79. The van der Waals surface area contributed by atoms with Gasteiger partial charge in [-0.1, -0.05) is 17.3 Å². The Bertz CT molecular complexity index is 1380. The predicted octanol–water partition coefficient (Wildman–Crippen LogP) is 2.14. The van der Waals surface area contributed by atoms with Crippen molar-refractivity contribution in [2.75, 3.05) is 13.2 Å². The molecular weight excluding hydrogens is 549 g/mol. The zero-order valence-electron chi connectivity index (χ0n) is 21.9. The van der Waals surface area contributed by atoms with E-state index in [0.29, 0.717) is 61.2 Å². The SMILES string of the molecule is CCOc1cc(CCC(=O)N2CCc3onc(-c4ccccc4F)c3C2)on1.O=C(O)CC(O)(CC(=O)O)C(=O)O. The van der Waals surface area contributed by atoms with Crippen molar-refractivity contribution in [2.24, 2.45) is 0 Å². The minimum absolute atomic E-state index is 0.0132. The van der Waals surface area contributed by atoms with Crippen LogP contribution in [0, 0.1) is 5.82 Å². The van der Waals surface area contributed by atoms with Gasteiger partial charge >= 0.3 is 17.9 Å². The van der Waals surface area contributed by atoms with Gasteiger partial charge in [-0.2, -0.15) is 0 Å². The lowest BCUT2D eigenvalue weighted by molar-refractivity contribution is -0.170. The van der Waals surface area contributed by atoms with Crippen LogP contribution in [0.2, 0.25) is 0 Å². The lowest BCUT2D eigenvalue weighted by Crippen LogP contribution is -2.42. The molecule has 0 spiro atoms. The second kappa shape index (κ2) is 13.5. The molecule has 0 radical (unpaired) electrons. The smallest absolute Gasteiger partial charge is 0.336 e. The standard InChI is InChI=1S/C20H20FN3O4.C6H8O7/c1-2-26-18-11-13(27-22-18)7-8-19(25)24-10-9-17-15(12-24)20(23-28-17)14-5-3-4-6-16(14)21;7-3(8)1-6(13,5(11)12)2-4(9)10/h3-6,11H,2,7-10,12H2,1H3;13H,1-2H2,(H,7,8)(H,9,10)(H,11,12). The van der Waals surface area contributed by atoms with E-state index in [1.165, 1.54) is 6.07 Å². The van der Waals surface area contributed by atoms with Crippen molar-refractivity contribution in [3.8, 4) is 17.1 Å². The molecule has 14 nitrogen and oxygen atoms in total. The van der Waals surface area contributed by atoms with Crippen molar-refractivity contribution >= 4 is 23.8 Å². The van der Waals surface area contributed by atoms with Crippen molar-refractivity contribution in [1.82, 2.24) is 15.2 Å². The van der Waals surface area contributed by atoms with Gasteiger partial charge in [-0.05, 0) is 24.2 Å². The monoisotopic (exact) mass is 577 g/mol. The quantitative estimate of drug-likeness (QED) is 0.257. The first-order valence-corrected chi connectivity index (χ1v) is 12.4. The van der Waals surface area contributed by atoms with Crippen LogP contribution in [0.4, 0.5) is 4.39 Å². The first-order chi connectivity index (χ1) is 19.4. The number of ether oxygens (including phenoxy) is 1. The number of fused-ring (bicyclic) bond motifs is 1. The van der Waals surface area contributed by atoms with E-state index >= 15 is 0 Å². The van der Waals surface area contributed by atoms with Crippen molar-refractivity contribution in [2.45, 2.75) is 51.2 Å². The predicted molar refractivity (Wildman–Crippen MR) is 134 cm³/mol. The Morgan fingerprint density at radius 1 is 1.07 bits per heavy atom. The number of aliphatic carboxylic acids is 3. The fourth-order valence-corrected chi connectivity index (χ4v) is 4.02. The van der Waals surface area contributed by atoms with Crippen LogP contribution < -0.4 is 4.74 Å². The number of carbonyl (C=O) groups excluding carboxylic acids is 1. The second-order valence-electron chi connectivity index (χ2n) is 9.02. The number of aryl methyl sites for hydroxylation is 1. The molecule has 3 aromatic rings. The summed E-state index contributed by atoms with van der Waals surface area (Å²) in [6.45, 7) is 3.26. The summed E-state index contributed by atoms with van der Waals surface area (Å²) in [7, 11) is 0. The van der Waals surface area contributed by atoms with E-state index in [9.17, 15) is 23.6 Å². The van der Waals surface area contributed by atoms with Crippen LogP contribution in [-0.4, -0.2) is 78.2 Å². The van der Waals surface area contributed by atoms with Gasteiger partial charge in [-0.25, -0.2) is 9.18 Å². The molecule has 3 heterocycles. The Morgan fingerprint density at radius 3 is 2.37 bits per heavy atom. The van der Waals surface area contributed by atoms with E-state index in [1.54, 1.807) is 29.2 Å². The molecule has 1 amide bonds. The van der Waals surface area contributed by atoms with Crippen LogP contribution in [0.5, 0.6) is 5.88 Å². The zero-order valence-corrected chi connectivity index (χ0v) is 21.9. The van der Waals surface area contributed by atoms with Gasteiger partial charge in [0.1, 0.15) is 23.0 Å². The van der Waals surface area contributed by atoms with E-state index in [0.717, 1.165) is 5.56 Å². The minimum atomic E-state index is -2.74. The molecule has 1 aliphatic rings. The molecule has 0 saturated carbocycles. The molecule has 4 N–H and O–H groups in total. The Balaban J connectivity index is 0.000000302. The lowest BCUT2D eigenvalue weighted by Gasteiger charge is -2.26. The number of aromatic nitrogens is 2. The number of carboxylic acid groups (broad SMARTS) is 3. The van der Waals surface area contributed by atoms with E-state index in [-0.39, 0.29) is 18.1 Å². The molecule has 220 valence electrons. The number of halogens is 1. The van der Waals surface area contributed by atoms with Gasteiger partial charge in [0.25, 0.3) is 5.88 Å². The third-order valence-corrected chi connectivity index (χ3v) is 6.01. The normalized spacial score (nSPS) is 12.6. The first kappa shape index (κ1) is 30.7. The van der Waals surface area contributed by atoms with Crippen LogP contribution in [0.25, 0.3) is 11.3 Å². The summed E-state index contributed by atoms with van der Waals surface area (Å²) in [6.07, 6.45) is -1.01. The molecular formula is C26H28FN3O11. The van der Waals surface area contributed by atoms with Crippen molar-refractivity contribution in [3.05, 3.63) is 53.2 Å². The average Bonchev–Trinajstić information content (AvgIpc) is 3.53. The molecule has 0 aliphatic carbocycles. The van der Waals surface area contributed by atoms with Crippen molar-refractivity contribution < 1.29 is 57.8 Å². The largest absolute Gasteiger partial charge is 0.481 e. The van der Waals surface area contributed by atoms with E-state index in [1.807, 2.05) is 6.92 Å². The highest BCUT2D eigenvalue weighted by Gasteiger charge is 2.40. The number of aliphatic hydroxyl groups is 1. The summed E-state index contributed by atoms with van der Waals surface area (Å²) in [5.41, 5.74) is -1.13. The highest BCUT2D eigenvalue weighted by molar-refractivity contribution is 5.88. The fraction of sp³-hybridized carbons (Fsp3) is 0.385. The van der Waals surface area contributed by atoms with E-state index < -0.39 is 36.4 Å². The van der Waals surface area contributed by atoms with Crippen LogP contribution in [0.15, 0.2) is 39.4 Å². The maximum absolute atomic E-state index is 14.2. The van der Waals surface area contributed by atoms with Gasteiger partial charge in [0.2, 0.25) is 5.91 Å². The molecule has 0 fully saturated rings. The topological polar surface area (TPSA) is 214 Å². The zero-order chi connectivity index (χ0) is 30.2. The molecule has 0 unspecified atom stereocenters. The summed E-state index contributed by atoms with van der Waals surface area (Å²) in [5.74, 6) is -3.66. The van der Waals surface area contributed by atoms with Crippen molar-refractivity contribution in [3.63, 3.8) is 0 Å². The molecule has 0 bridgehead atoms. The third-order valence-electron chi connectivity index (χ3n) is 6.01. The summed E-state index contributed by atoms with van der Waals surface area (Å²) >= 11 is 0. The molecule has 1 aliphatic heterocycles. The Morgan fingerprint density at radius 2 is 1.76 bits per heavy atom. The maximum atomic E-state index is 14.2. The highest BCUT2D eigenvalue weighted by atomic mass is 19.1. The molecule has 0 saturated heterocycles. The second-order valence-corrected chi connectivity index (χ2v) is 9.02. The number of carbonyl (C=O) groups is 4. The van der Waals surface area contributed by atoms with Crippen LogP contribution >= 0.6 is 0 Å². The number of hydrogen-bond acceptors (Lipinski definition) is 10. The third kappa shape index (κ3) is 8.11. The summed E-state index contributed by atoms with van der Waals surface area (Å²) in [5, 5.41) is 41.7. The number of nitrogens with zero attached hydrogens (tertiary/aromatic N) is 3. The number of carboxylic acids is 3. The maximum Gasteiger partial charge on any atom is 0.336 e. The van der Waals surface area contributed by atoms with Crippen LogP contribution in [0.3, 0.4) is 0 Å². The summed E-state index contributed by atoms with van der Waals surface area (Å²) in [6, 6.07) is 8.12. The van der Waals surface area contributed by atoms with Gasteiger partial charge in [0.05, 0.1) is 26.0 Å². The van der Waals surface area contributed by atoms with Gasteiger partial charge in [0.15, 0.2) is 5.60 Å². The Labute approximate surface area is 231 Å². The molecule has 2 aromatic heterocycles. The summed E-state index contributed by atoms with van der Waals surface area (Å²) in [4.78, 5) is 44.9. The van der Waals surface area contributed by atoms with E-state index in [2.05, 4.69) is 10.3 Å². The highest BCUT2D eigenvalue weighted by Crippen LogP contribution is 2.31. The molecule has 15 heteroatoms. The number of hydrogen-bond donors (Lipinski definition) is 4. The molecule has 4 rings (SSSR count). The summed E-state index contributed by atoms with van der Waals surface area (Å²) < 4.78 is 30.0.